The lowest BCUT2D eigenvalue weighted by Gasteiger charge is -2.27. The van der Waals surface area contributed by atoms with E-state index in [1.807, 2.05) is 11.0 Å². The predicted octanol–water partition coefficient (Wildman–Crippen LogP) is 4.05. The molecule has 1 aromatic heterocycles. The zero-order valence-corrected chi connectivity index (χ0v) is 15.9. The Morgan fingerprint density at radius 1 is 1.04 bits per heavy atom. The number of rotatable bonds is 4. The summed E-state index contributed by atoms with van der Waals surface area (Å²) >= 11 is 0. The van der Waals surface area contributed by atoms with Crippen molar-refractivity contribution in [1.82, 2.24) is 9.88 Å². The molecule has 2 aliphatic heterocycles. The van der Waals surface area contributed by atoms with Gasteiger partial charge in [-0.25, -0.2) is 13.8 Å². The Morgan fingerprint density at radius 3 is 2.54 bits per heavy atom. The van der Waals surface area contributed by atoms with Gasteiger partial charge in [0.1, 0.15) is 17.5 Å². The largest absolute Gasteiger partial charge is 0.356 e. The summed E-state index contributed by atoms with van der Waals surface area (Å²) < 4.78 is 26.8. The first-order chi connectivity index (χ1) is 13.6. The Hall–Kier alpha value is -2.50. The number of hydrogen-bond donors (Lipinski definition) is 0. The second-order valence-corrected chi connectivity index (χ2v) is 7.84. The van der Waals surface area contributed by atoms with Gasteiger partial charge >= 0.3 is 0 Å². The number of carbonyl (C=O) groups excluding carboxylic acids is 1. The second-order valence-electron chi connectivity index (χ2n) is 7.84. The number of benzene rings is 1. The summed E-state index contributed by atoms with van der Waals surface area (Å²) in [4.78, 5) is 21.3. The fourth-order valence-corrected chi connectivity index (χ4v) is 4.27. The van der Waals surface area contributed by atoms with Crippen LogP contribution in [0.15, 0.2) is 36.5 Å². The van der Waals surface area contributed by atoms with Gasteiger partial charge in [-0.15, -0.1) is 0 Å². The minimum atomic E-state index is -0.532. The topological polar surface area (TPSA) is 36.4 Å². The summed E-state index contributed by atoms with van der Waals surface area (Å²) in [5, 5.41) is 0. The van der Waals surface area contributed by atoms with Gasteiger partial charge in [0, 0.05) is 44.0 Å². The molecule has 0 aliphatic carbocycles. The summed E-state index contributed by atoms with van der Waals surface area (Å²) in [6.45, 7) is 3.25. The number of likely N-dealkylation sites (tertiary alicyclic amines) is 1. The normalized spacial score (nSPS) is 19.9. The van der Waals surface area contributed by atoms with Gasteiger partial charge in [-0.05, 0) is 67.9 Å². The number of hydrogen-bond acceptors (Lipinski definition) is 3. The molecule has 28 heavy (non-hydrogen) atoms. The van der Waals surface area contributed by atoms with Gasteiger partial charge in [-0.2, -0.15) is 0 Å². The average Bonchev–Trinajstić information content (AvgIpc) is 3.16. The number of carbonyl (C=O) groups is 1. The van der Waals surface area contributed by atoms with Crippen molar-refractivity contribution >= 4 is 11.7 Å². The molecule has 1 atom stereocenters. The lowest BCUT2D eigenvalue weighted by molar-refractivity contribution is 0.0724. The third-order valence-corrected chi connectivity index (χ3v) is 5.69. The van der Waals surface area contributed by atoms with Crippen molar-refractivity contribution in [1.29, 1.82) is 0 Å². The van der Waals surface area contributed by atoms with Crippen LogP contribution in [0.3, 0.4) is 0 Å². The highest BCUT2D eigenvalue weighted by Gasteiger charge is 2.25. The van der Waals surface area contributed by atoms with Gasteiger partial charge in [0.2, 0.25) is 0 Å². The Morgan fingerprint density at radius 2 is 1.79 bits per heavy atom. The molecule has 0 saturated carbocycles. The molecule has 0 N–H and O–H groups in total. The molecule has 2 fully saturated rings. The van der Waals surface area contributed by atoms with Crippen LogP contribution >= 0.6 is 0 Å². The van der Waals surface area contributed by atoms with Crippen molar-refractivity contribution in [3.05, 3.63) is 59.3 Å². The van der Waals surface area contributed by atoms with E-state index < -0.39 is 11.6 Å². The summed E-state index contributed by atoms with van der Waals surface area (Å²) in [6, 6.07) is 7.37. The first-order valence-corrected chi connectivity index (χ1v) is 10.0. The van der Waals surface area contributed by atoms with Gasteiger partial charge in [0.25, 0.3) is 5.91 Å². The van der Waals surface area contributed by atoms with Crippen LogP contribution in [0.2, 0.25) is 0 Å². The van der Waals surface area contributed by atoms with Crippen molar-refractivity contribution in [2.45, 2.75) is 32.1 Å². The lowest BCUT2D eigenvalue weighted by atomic mass is 9.98. The van der Waals surface area contributed by atoms with Crippen molar-refractivity contribution < 1.29 is 13.6 Å². The Labute approximate surface area is 164 Å². The molecule has 2 aromatic rings. The fourth-order valence-electron chi connectivity index (χ4n) is 4.27. The highest BCUT2D eigenvalue weighted by Crippen LogP contribution is 2.26. The molecule has 2 aliphatic rings. The van der Waals surface area contributed by atoms with E-state index in [4.69, 9.17) is 0 Å². The van der Waals surface area contributed by atoms with E-state index in [2.05, 4.69) is 9.88 Å². The number of halogens is 2. The third kappa shape index (κ3) is 4.32. The highest BCUT2D eigenvalue weighted by atomic mass is 19.1. The number of aromatic nitrogens is 1. The molecule has 2 saturated heterocycles. The number of pyridine rings is 1. The zero-order chi connectivity index (χ0) is 19.5. The smallest absolute Gasteiger partial charge is 0.254 e. The van der Waals surface area contributed by atoms with Gasteiger partial charge in [0.15, 0.2) is 0 Å². The zero-order valence-electron chi connectivity index (χ0n) is 15.9. The van der Waals surface area contributed by atoms with E-state index in [9.17, 15) is 13.6 Å². The van der Waals surface area contributed by atoms with Gasteiger partial charge in [-0.3, -0.25) is 4.79 Å². The van der Waals surface area contributed by atoms with Crippen molar-refractivity contribution in [3.8, 4) is 0 Å². The van der Waals surface area contributed by atoms with Gasteiger partial charge in [-0.1, -0.05) is 0 Å². The van der Waals surface area contributed by atoms with Crippen LogP contribution in [-0.4, -0.2) is 42.0 Å². The van der Waals surface area contributed by atoms with Crippen molar-refractivity contribution in [2.24, 2.45) is 5.92 Å². The highest BCUT2D eigenvalue weighted by molar-refractivity contribution is 5.94. The molecule has 4 rings (SSSR count). The van der Waals surface area contributed by atoms with Crippen LogP contribution in [0, 0.1) is 17.6 Å². The minimum Gasteiger partial charge on any atom is -0.356 e. The maximum Gasteiger partial charge on any atom is 0.254 e. The Kier molecular flexibility index (Phi) is 5.55. The van der Waals surface area contributed by atoms with E-state index in [0.717, 1.165) is 57.3 Å². The molecule has 4 nitrogen and oxygen atoms in total. The summed E-state index contributed by atoms with van der Waals surface area (Å²) in [7, 11) is 0. The van der Waals surface area contributed by atoms with Crippen LogP contribution in [0.4, 0.5) is 14.6 Å². The number of amides is 1. The van der Waals surface area contributed by atoms with Crippen LogP contribution < -0.4 is 4.90 Å². The first kappa shape index (κ1) is 18.8. The monoisotopic (exact) mass is 385 g/mol. The summed E-state index contributed by atoms with van der Waals surface area (Å²) in [5.41, 5.74) is 1.37. The van der Waals surface area contributed by atoms with Gasteiger partial charge in [0.05, 0.1) is 0 Å². The van der Waals surface area contributed by atoms with E-state index in [0.29, 0.717) is 23.5 Å². The number of piperidine rings is 1. The molecule has 1 aromatic carbocycles. The molecular weight excluding hydrogens is 360 g/mol. The van der Waals surface area contributed by atoms with Crippen molar-refractivity contribution in [2.75, 3.05) is 31.1 Å². The summed E-state index contributed by atoms with van der Waals surface area (Å²) in [6.07, 6.45) is 6.59. The maximum atomic E-state index is 13.4. The number of anilines is 1. The Balaban J connectivity index is 1.41. The van der Waals surface area contributed by atoms with Crippen LogP contribution in [0.5, 0.6) is 0 Å². The minimum absolute atomic E-state index is 0.0781. The third-order valence-electron chi connectivity index (χ3n) is 5.69. The average molecular weight is 385 g/mol. The van der Waals surface area contributed by atoms with Crippen molar-refractivity contribution in [3.63, 3.8) is 0 Å². The molecule has 148 valence electrons. The molecular formula is C22H25F2N3O. The van der Waals surface area contributed by atoms with Crippen LogP contribution in [0.1, 0.15) is 41.6 Å². The SMILES string of the molecule is O=C(c1ccnc(N2CCC(Cc3cc(F)cc(F)c3)C2)c1)N1CCCCC1. The lowest BCUT2D eigenvalue weighted by Crippen LogP contribution is -2.35. The van der Waals surface area contributed by atoms with E-state index in [1.54, 1.807) is 12.3 Å². The second kappa shape index (κ2) is 8.25. The molecule has 6 heteroatoms. The first-order valence-electron chi connectivity index (χ1n) is 10.0. The Bertz CT molecular complexity index is 831. The summed E-state index contributed by atoms with van der Waals surface area (Å²) in [5.74, 6) is 0.125. The maximum absolute atomic E-state index is 13.4. The quantitative estimate of drug-likeness (QED) is 0.797. The van der Waals surface area contributed by atoms with E-state index in [1.165, 1.54) is 18.6 Å². The van der Waals surface area contributed by atoms with E-state index in [-0.39, 0.29) is 5.91 Å². The van der Waals surface area contributed by atoms with E-state index >= 15 is 0 Å². The fraction of sp³-hybridized carbons (Fsp3) is 0.455. The molecule has 0 radical (unpaired) electrons. The molecule has 1 amide bonds. The van der Waals surface area contributed by atoms with Crippen LogP contribution in [0.25, 0.3) is 0 Å². The van der Waals surface area contributed by atoms with Gasteiger partial charge < -0.3 is 9.80 Å². The molecule has 3 heterocycles. The molecule has 0 spiro atoms. The number of nitrogens with zero attached hydrogens (tertiary/aromatic N) is 3. The molecule has 0 bridgehead atoms. The predicted molar refractivity (Wildman–Crippen MR) is 104 cm³/mol. The standard InChI is InChI=1S/C22H25F2N3O/c23-19-11-17(12-20(24)14-19)10-16-5-9-27(15-16)21-13-18(4-6-25-21)22(28)26-7-2-1-3-8-26/h4,6,11-14,16H,1-3,5,7-10,15H2. The van der Waals surface area contributed by atoms with Crippen LogP contribution in [-0.2, 0) is 6.42 Å². The molecule has 1 unspecified atom stereocenters.